The van der Waals surface area contributed by atoms with Crippen molar-refractivity contribution < 1.29 is 4.74 Å². The van der Waals surface area contributed by atoms with Crippen LogP contribution in [0, 0.1) is 13.8 Å². The van der Waals surface area contributed by atoms with Crippen molar-refractivity contribution >= 4 is 27.5 Å². The lowest BCUT2D eigenvalue weighted by Gasteiger charge is -2.10. The fraction of sp³-hybridized carbons (Fsp3) is 0.231. The molecule has 3 nitrogen and oxygen atoms in total. The number of hydrogen-bond donors (Lipinski definition) is 0. The van der Waals surface area contributed by atoms with Gasteiger partial charge in [-0.3, -0.25) is 0 Å². The summed E-state index contributed by atoms with van der Waals surface area (Å²) in [6, 6.07) is 4.06. The molecule has 0 atom stereocenters. The van der Waals surface area contributed by atoms with Gasteiger partial charge in [-0.1, -0.05) is 27.5 Å². The van der Waals surface area contributed by atoms with Gasteiger partial charge in [0.05, 0.1) is 0 Å². The van der Waals surface area contributed by atoms with E-state index in [9.17, 15) is 0 Å². The van der Waals surface area contributed by atoms with Gasteiger partial charge in [0.15, 0.2) is 0 Å². The summed E-state index contributed by atoms with van der Waals surface area (Å²) in [5.74, 6) is 0.756. The number of nitrogens with zero attached hydrogens (tertiary/aromatic N) is 2. The molecule has 94 valence electrons. The van der Waals surface area contributed by atoms with Crippen molar-refractivity contribution in [3.63, 3.8) is 0 Å². The Morgan fingerprint density at radius 3 is 2.22 bits per heavy atom. The van der Waals surface area contributed by atoms with E-state index < -0.39 is 0 Å². The molecule has 0 saturated heterocycles. The fourth-order valence-electron chi connectivity index (χ4n) is 1.61. The van der Waals surface area contributed by atoms with Gasteiger partial charge in [-0.2, -0.15) is 0 Å². The van der Waals surface area contributed by atoms with Crippen molar-refractivity contribution in [1.82, 2.24) is 9.97 Å². The third-order valence-electron chi connectivity index (χ3n) is 2.45. The van der Waals surface area contributed by atoms with Crippen molar-refractivity contribution in [2.24, 2.45) is 0 Å². The zero-order valence-corrected chi connectivity index (χ0v) is 12.4. The van der Waals surface area contributed by atoms with E-state index in [-0.39, 0.29) is 0 Å². The van der Waals surface area contributed by atoms with Gasteiger partial charge in [0.25, 0.3) is 0 Å². The molecule has 2 aromatic rings. The summed E-state index contributed by atoms with van der Waals surface area (Å²) in [5.41, 5.74) is 2.94. The zero-order chi connectivity index (χ0) is 13.1. The van der Waals surface area contributed by atoms with Gasteiger partial charge in [-0.15, -0.1) is 0 Å². The molecule has 5 heteroatoms. The number of ether oxygens (including phenoxy) is 1. The molecule has 0 aliphatic heterocycles. The van der Waals surface area contributed by atoms with Gasteiger partial charge < -0.3 is 4.74 Å². The van der Waals surface area contributed by atoms with Gasteiger partial charge in [0.1, 0.15) is 5.75 Å². The number of hydrogen-bond acceptors (Lipinski definition) is 3. The van der Waals surface area contributed by atoms with Crippen LogP contribution in [0.1, 0.15) is 16.7 Å². The standard InChI is InChI=1S/C13H12BrClN2O/c1-8-3-11(15)4-9(2)12(8)18-13-16-6-10(5-14)7-17-13/h3-4,6-7H,5H2,1-2H3. The molecule has 2 rings (SSSR count). The summed E-state index contributed by atoms with van der Waals surface area (Å²) >= 11 is 9.32. The third-order valence-corrected chi connectivity index (χ3v) is 3.32. The molecule has 1 heterocycles. The highest BCUT2D eigenvalue weighted by Crippen LogP contribution is 2.29. The fourth-order valence-corrected chi connectivity index (χ4v) is 2.23. The largest absolute Gasteiger partial charge is 0.424 e. The Kier molecular flexibility index (Phi) is 4.19. The molecular formula is C13H12BrClN2O. The smallest absolute Gasteiger partial charge is 0.321 e. The van der Waals surface area contributed by atoms with Crippen molar-refractivity contribution in [1.29, 1.82) is 0 Å². The summed E-state index contributed by atoms with van der Waals surface area (Å²) in [4.78, 5) is 8.31. The lowest BCUT2D eigenvalue weighted by molar-refractivity contribution is 0.435. The van der Waals surface area contributed by atoms with Crippen LogP contribution in [0.15, 0.2) is 24.5 Å². The second-order valence-electron chi connectivity index (χ2n) is 3.98. The van der Waals surface area contributed by atoms with Crippen LogP contribution in [0.3, 0.4) is 0 Å². The molecule has 0 fully saturated rings. The van der Waals surface area contributed by atoms with E-state index in [1.54, 1.807) is 12.4 Å². The topological polar surface area (TPSA) is 35.0 Å². The molecule has 0 N–H and O–H groups in total. The number of benzene rings is 1. The van der Waals surface area contributed by atoms with Crippen molar-refractivity contribution in [3.8, 4) is 11.8 Å². The summed E-state index contributed by atoms with van der Waals surface area (Å²) < 4.78 is 5.70. The molecule has 1 aromatic carbocycles. The summed E-state index contributed by atoms with van der Waals surface area (Å²) in [6.07, 6.45) is 3.47. The lowest BCUT2D eigenvalue weighted by atomic mass is 10.1. The quantitative estimate of drug-likeness (QED) is 0.782. The van der Waals surface area contributed by atoms with E-state index in [2.05, 4.69) is 25.9 Å². The first-order valence-electron chi connectivity index (χ1n) is 5.41. The summed E-state index contributed by atoms with van der Waals surface area (Å²) in [7, 11) is 0. The van der Waals surface area contributed by atoms with Crippen LogP contribution in [-0.4, -0.2) is 9.97 Å². The Hall–Kier alpha value is -1.13. The number of aromatic nitrogens is 2. The molecule has 1 aromatic heterocycles. The van der Waals surface area contributed by atoms with Crippen LogP contribution < -0.4 is 4.74 Å². The molecule has 18 heavy (non-hydrogen) atoms. The van der Waals surface area contributed by atoms with Gasteiger partial charge in [0.2, 0.25) is 0 Å². The molecule has 0 saturated carbocycles. The normalized spacial score (nSPS) is 10.4. The maximum absolute atomic E-state index is 5.97. The minimum atomic E-state index is 0.341. The van der Waals surface area contributed by atoms with E-state index in [1.165, 1.54) is 0 Å². The molecule has 0 aliphatic rings. The highest BCUT2D eigenvalue weighted by molar-refractivity contribution is 9.08. The molecular weight excluding hydrogens is 316 g/mol. The van der Waals surface area contributed by atoms with Gasteiger partial charge in [-0.25, -0.2) is 9.97 Å². The zero-order valence-electron chi connectivity index (χ0n) is 10.1. The third kappa shape index (κ3) is 3.00. The van der Waals surface area contributed by atoms with Crippen LogP contribution in [0.2, 0.25) is 5.02 Å². The molecule has 0 spiro atoms. The van der Waals surface area contributed by atoms with Gasteiger partial charge in [-0.05, 0) is 42.7 Å². The summed E-state index contributed by atoms with van der Waals surface area (Å²) in [6.45, 7) is 3.89. The van der Waals surface area contributed by atoms with E-state index >= 15 is 0 Å². The second-order valence-corrected chi connectivity index (χ2v) is 4.98. The maximum Gasteiger partial charge on any atom is 0.321 e. The maximum atomic E-state index is 5.97. The van der Waals surface area contributed by atoms with Crippen LogP contribution >= 0.6 is 27.5 Å². The van der Waals surface area contributed by atoms with Gasteiger partial charge in [0, 0.05) is 22.7 Å². The Bertz CT molecular complexity index is 534. The Balaban J connectivity index is 2.28. The number of aryl methyl sites for hydroxylation is 2. The first kappa shape index (κ1) is 13.3. The van der Waals surface area contributed by atoms with Crippen molar-refractivity contribution in [3.05, 3.63) is 46.2 Å². The van der Waals surface area contributed by atoms with Crippen molar-refractivity contribution in [2.75, 3.05) is 0 Å². The van der Waals surface area contributed by atoms with Crippen LogP contribution in [-0.2, 0) is 5.33 Å². The van der Waals surface area contributed by atoms with E-state index in [0.717, 1.165) is 27.8 Å². The van der Waals surface area contributed by atoms with Gasteiger partial charge >= 0.3 is 6.01 Å². The molecule has 0 amide bonds. The van der Waals surface area contributed by atoms with Crippen LogP contribution in [0.4, 0.5) is 0 Å². The highest BCUT2D eigenvalue weighted by atomic mass is 79.9. The monoisotopic (exact) mass is 326 g/mol. The number of alkyl halides is 1. The highest BCUT2D eigenvalue weighted by Gasteiger charge is 2.08. The minimum absolute atomic E-state index is 0.341. The van der Waals surface area contributed by atoms with Crippen molar-refractivity contribution in [2.45, 2.75) is 19.2 Å². The number of rotatable bonds is 3. The predicted octanol–water partition coefficient (Wildman–Crippen LogP) is 4.43. The van der Waals surface area contributed by atoms with Crippen LogP contribution in [0.25, 0.3) is 0 Å². The lowest BCUT2D eigenvalue weighted by Crippen LogP contribution is -1.96. The Morgan fingerprint density at radius 2 is 1.72 bits per heavy atom. The van der Waals surface area contributed by atoms with Crippen LogP contribution in [0.5, 0.6) is 11.8 Å². The molecule has 0 unspecified atom stereocenters. The first-order valence-corrected chi connectivity index (χ1v) is 6.91. The minimum Gasteiger partial charge on any atom is -0.424 e. The predicted molar refractivity (Wildman–Crippen MR) is 75.7 cm³/mol. The average molecular weight is 328 g/mol. The molecule has 0 bridgehead atoms. The molecule has 0 aliphatic carbocycles. The average Bonchev–Trinajstić information content (AvgIpc) is 2.34. The number of halogens is 2. The summed E-state index contributed by atoms with van der Waals surface area (Å²) in [5, 5.41) is 1.43. The molecule has 0 radical (unpaired) electrons. The van der Waals surface area contributed by atoms with E-state index in [4.69, 9.17) is 16.3 Å². The Labute approximate surface area is 119 Å². The van der Waals surface area contributed by atoms with E-state index in [0.29, 0.717) is 11.0 Å². The SMILES string of the molecule is Cc1cc(Cl)cc(C)c1Oc1ncc(CBr)cn1. The van der Waals surface area contributed by atoms with E-state index in [1.807, 2.05) is 26.0 Å². The first-order chi connectivity index (χ1) is 8.60. The Morgan fingerprint density at radius 1 is 1.17 bits per heavy atom. The second kappa shape index (κ2) is 5.67.